The Morgan fingerprint density at radius 2 is 2.19 bits per heavy atom. The maximum Gasteiger partial charge on any atom is 0.315 e. The summed E-state index contributed by atoms with van der Waals surface area (Å²) in [5, 5.41) is 18.9. The summed E-state index contributed by atoms with van der Waals surface area (Å²) in [5.74, 6) is -1.03. The zero-order valence-corrected chi connectivity index (χ0v) is 13.0. The van der Waals surface area contributed by atoms with Crippen LogP contribution in [0.3, 0.4) is 0 Å². The van der Waals surface area contributed by atoms with E-state index in [1.54, 1.807) is 11.3 Å². The van der Waals surface area contributed by atoms with Crippen LogP contribution in [0.4, 0.5) is 4.79 Å². The molecular weight excluding hydrogens is 288 g/mol. The highest BCUT2D eigenvalue weighted by molar-refractivity contribution is 7.07. The van der Waals surface area contributed by atoms with E-state index in [1.807, 2.05) is 23.8 Å². The highest BCUT2D eigenvalue weighted by atomic mass is 32.1. The summed E-state index contributed by atoms with van der Waals surface area (Å²) < 4.78 is 0. The summed E-state index contributed by atoms with van der Waals surface area (Å²) in [6.07, 6.45) is 3.60. The average molecular weight is 310 g/mol. The summed E-state index contributed by atoms with van der Waals surface area (Å²) in [5.41, 5.74) is 1.08. The smallest absolute Gasteiger partial charge is 0.315 e. The van der Waals surface area contributed by atoms with Gasteiger partial charge < -0.3 is 15.7 Å². The van der Waals surface area contributed by atoms with Crippen molar-refractivity contribution in [1.29, 1.82) is 0 Å². The molecule has 0 aromatic carbocycles. The molecule has 0 bridgehead atoms. The monoisotopic (exact) mass is 310 g/mol. The van der Waals surface area contributed by atoms with E-state index in [2.05, 4.69) is 10.6 Å². The maximum absolute atomic E-state index is 11.9. The Kier molecular flexibility index (Phi) is 5.61. The summed E-state index contributed by atoms with van der Waals surface area (Å²) in [6, 6.07) is 1.71. The molecule has 1 aliphatic carbocycles. The van der Waals surface area contributed by atoms with Crippen molar-refractivity contribution in [1.82, 2.24) is 10.6 Å². The molecule has 1 aromatic heterocycles. The van der Waals surface area contributed by atoms with Gasteiger partial charge in [0.05, 0.1) is 12.0 Å². The van der Waals surface area contributed by atoms with Crippen LogP contribution in [0.15, 0.2) is 16.8 Å². The Morgan fingerprint density at radius 1 is 1.43 bits per heavy atom. The number of thiophene rings is 1. The highest BCUT2D eigenvalue weighted by Crippen LogP contribution is 2.29. The Hall–Kier alpha value is -1.56. The number of aliphatic carboxylic acids is 1. The van der Waals surface area contributed by atoms with Crippen molar-refractivity contribution < 1.29 is 14.7 Å². The third kappa shape index (κ3) is 4.46. The zero-order valence-electron chi connectivity index (χ0n) is 12.2. The predicted octanol–water partition coefficient (Wildman–Crippen LogP) is 3.00. The highest BCUT2D eigenvalue weighted by Gasteiger charge is 2.30. The second-order valence-electron chi connectivity index (χ2n) is 5.62. The number of carbonyl (C=O) groups is 2. The van der Waals surface area contributed by atoms with Gasteiger partial charge in [0.25, 0.3) is 0 Å². The molecule has 0 spiro atoms. The van der Waals surface area contributed by atoms with Crippen molar-refractivity contribution in [2.75, 3.05) is 6.54 Å². The number of hydrogen-bond donors (Lipinski definition) is 3. The van der Waals surface area contributed by atoms with Gasteiger partial charge in [0.2, 0.25) is 0 Å². The van der Waals surface area contributed by atoms with Crippen LogP contribution in [-0.4, -0.2) is 23.7 Å². The summed E-state index contributed by atoms with van der Waals surface area (Å²) >= 11 is 1.60. The first kappa shape index (κ1) is 15.8. The zero-order chi connectivity index (χ0) is 15.2. The Balaban J connectivity index is 1.79. The lowest BCUT2D eigenvalue weighted by Gasteiger charge is -2.28. The minimum atomic E-state index is -0.742. The fourth-order valence-corrected chi connectivity index (χ4v) is 3.61. The van der Waals surface area contributed by atoms with Gasteiger partial charge in [-0.15, -0.1) is 0 Å². The van der Waals surface area contributed by atoms with Crippen LogP contribution in [0.25, 0.3) is 0 Å². The normalized spacial score (nSPS) is 23.3. The molecule has 5 nitrogen and oxygen atoms in total. The van der Waals surface area contributed by atoms with Gasteiger partial charge in [-0.3, -0.25) is 4.79 Å². The number of hydrogen-bond acceptors (Lipinski definition) is 3. The fourth-order valence-electron chi connectivity index (χ4n) is 2.85. The summed E-state index contributed by atoms with van der Waals surface area (Å²) in [4.78, 5) is 23.1. The van der Waals surface area contributed by atoms with Gasteiger partial charge >= 0.3 is 12.0 Å². The van der Waals surface area contributed by atoms with Crippen molar-refractivity contribution in [2.24, 2.45) is 11.8 Å². The van der Waals surface area contributed by atoms with Crippen LogP contribution >= 0.6 is 11.3 Å². The van der Waals surface area contributed by atoms with Gasteiger partial charge in [-0.2, -0.15) is 11.3 Å². The summed E-state index contributed by atoms with van der Waals surface area (Å²) in [6.45, 7) is 2.36. The average Bonchev–Trinajstić information content (AvgIpc) is 2.99. The third-order valence-electron chi connectivity index (χ3n) is 4.14. The first-order valence-electron chi connectivity index (χ1n) is 7.37. The molecule has 2 rings (SSSR count). The van der Waals surface area contributed by atoms with Crippen LogP contribution in [-0.2, 0) is 4.79 Å². The van der Waals surface area contributed by atoms with E-state index in [9.17, 15) is 14.7 Å². The summed E-state index contributed by atoms with van der Waals surface area (Å²) in [7, 11) is 0. The molecule has 1 fully saturated rings. The molecule has 1 saturated carbocycles. The Morgan fingerprint density at radius 3 is 2.86 bits per heavy atom. The van der Waals surface area contributed by atoms with Crippen LogP contribution in [0, 0.1) is 11.8 Å². The molecule has 1 aromatic rings. The van der Waals surface area contributed by atoms with Crippen LogP contribution < -0.4 is 10.6 Å². The molecule has 6 heteroatoms. The van der Waals surface area contributed by atoms with Gasteiger partial charge in [0, 0.05) is 6.54 Å². The van der Waals surface area contributed by atoms with Crippen molar-refractivity contribution in [3.8, 4) is 0 Å². The lowest BCUT2D eigenvalue weighted by atomic mass is 9.79. The molecule has 3 N–H and O–H groups in total. The quantitative estimate of drug-likeness (QED) is 0.782. The topological polar surface area (TPSA) is 78.4 Å². The molecule has 116 valence electrons. The molecular formula is C15H22N2O3S. The molecule has 1 aliphatic rings. The van der Waals surface area contributed by atoms with Gasteiger partial charge in [-0.05, 0) is 48.1 Å². The number of carboxylic acid groups (broad SMARTS) is 1. The number of amides is 2. The molecule has 3 unspecified atom stereocenters. The lowest BCUT2D eigenvalue weighted by Crippen LogP contribution is -2.42. The van der Waals surface area contributed by atoms with Crippen molar-refractivity contribution in [2.45, 2.75) is 38.6 Å². The number of urea groups is 1. The van der Waals surface area contributed by atoms with Gasteiger partial charge in [0.15, 0.2) is 0 Å². The standard InChI is InChI=1S/C15H22N2O3S/c1-10(12-6-7-21-9-12)17-15(20)16-8-11-4-2-3-5-13(11)14(18)19/h6-7,9-11,13H,2-5,8H2,1H3,(H,18,19)(H2,16,17,20). The van der Waals surface area contributed by atoms with Crippen molar-refractivity contribution in [3.05, 3.63) is 22.4 Å². The van der Waals surface area contributed by atoms with E-state index in [4.69, 9.17) is 0 Å². The second kappa shape index (κ2) is 7.45. The third-order valence-corrected chi connectivity index (χ3v) is 4.84. The van der Waals surface area contributed by atoms with E-state index >= 15 is 0 Å². The maximum atomic E-state index is 11.9. The molecule has 0 aliphatic heterocycles. The van der Waals surface area contributed by atoms with E-state index in [1.165, 1.54) is 0 Å². The van der Waals surface area contributed by atoms with E-state index in [0.29, 0.717) is 13.0 Å². The number of carbonyl (C=O) groups excluding carboxylic acids is 1. The molecule has 0 radical (unpaired) electrons. The Labute approximate surface area is 128 Å². The lowest BCUT2D eigenvalue weighted by molar-refractivity contribution is -0.144. The minimum Gasteiger partial charge on any atom is -0.481 e. The van der Waals surface area contributed by atoms with Gasteiger partial charge in [-0.25, -0.2) is 4.79 Å². The number of carboxylic acids is 1. The first-order valence-corrected chi connectivity index (χ1v) is 8.31. The molecule has 21 heavy (non-hydrogen) atoms. The number of rotatable bonds is 5. The Bertz CT molecular complexity index is 475. The fraction of sp³-hybridized carbons (Fsp3) is 0.600. The van der Waals surface area contributed by atoms with Crippen molar-refractivity contribution in [3.63, 3.8) is 0 Å². The predicted molar refractivity (Wildman–Crippen MR) is 82.4 cm³/mol. The van der Waals surface area contributed by atoms with Gasteiger partial charge in [-0.1, -0.05) is 12.8 Å². The van der Waals surface area contributed by atoms with Crippen LogP contribution in [0.1, 0.15) is 44.2 Å². The molecule has 0 saturated heterocycles. The van der Waals surface area contributed by atoms with E-state index in [-0.39, 0.29) is 23.9 Å². The first-order chi connectivity index (χ1) is 10.1. The van der Waals surface area contributed by atoms with E-state index in [0.717, 1.165) is 24.8 Å². The molecule has 2 amide bonds. The largest absolute Gasteiger partial charge is 0.481 e. The van der Waals surface area contributed by atoms with Gasteiger partial charge in [0.1, 0.15) is 0 Å². The van der Waals surface area contributed by atoms with Crippen LogP contribution in [0.5, 0.6) is 0 Å². The van der Waals surface area contributed by atoms with Crippen molar-refractivity contribution >= 4 is 23.3 Å². The van der Waals surface area contributed by atoms with E-state index < -0.39 is 5.97 Å². The second-order valence-corrected chi connectivity index (χ2v) is 6.40. The molecule has 1 heterocycles. The number of nitrogens with one attached hydrogen (secondary N) is 2. The minimum absolute atomic E-state index is 0.0402. The molecule has 3 atom stereocenters. The van der Waals surface area contributed by atoms with Crippen LogP contribution in [0.2, 0.25) is 0 Å². The SMILES string of the molecule is CC(NC(=O)NCC1CCCCC1C(=O)O)c1ccsc1.